The van der Waals surface area contributed by atoms with E-state index in [9.17, 15) is 5.11 Å². The highest BCUT2D eigenvalue weighted by molar-refractivity contribution is 9.10. The fourth-order valence-electron chi connectivity index (χ4n) is 1.86. The van der Waals surface area contributed by atoms with Crippen LogP contribution < -0.4 is 10.1 Å². The lowest BCUT2D eigenvalue weighted by Gasteiger charge is -2.15. The summed E-state index contributed by atoms with van der Waals surface area (Å²) in [7, 11) is 1.60. The van der Waals surface area contributed by atoms with E-state index >= 15 is 0 Å². The van der Waals surface area contributed by atoms with Crippen molar-refractivity contribution < 1.29 is 9.84 Å². The molecule has 0 aromatic heterocycles. The van der Waals surface area contributed by atoms with Gasteiger partial charge in [0.05, 0.1) is 17.7 Å². The Morgan fingerprint density at radius 2 is 2.00 bits per heavy atom. The summed E-state index contributed by atoms with van der Waals surface area (Å²) in [5.74, 6) is 0.718. The summed E-state index contributed by atoms with van der Waals surface area (Å²) in [6.07, 6.45) is -0.758. The van der Waals surface area contributed by atoms with Crippen LogP contribution in [0.15, 0.2) is 40.9 Å². The van der Waals surface area contributed by atoms with Crippen LogP contribution >= 0.6 is 39.1 Å². The minimum Gasteiger partial charge on any atom is -0.495 e. The number of aliphatic hydroxyl groups is 1. The maximum absolute atomic E-state index is 10.2. The minimum atomic E-state index is -0.758. The summed E-state index contributed by atoms with van der Waals surface area (Å²) in [5.41, 5.74) is 1.44. The van der Waals surface area contributed by atoms with Crippen molar-refractivity contribution in [2.75, 3.05) is 19.0 Å². The molecule has 112 valence electrons. The molecule has 0 amide bonds. The molecule has 0 aliphatic carbocycles. The first-order valence-corrected chi connectivity index (χ1v) is 7.76. The minimum absolute atomic E-state index is 0.310. The highest BCUT2D eigenvalue weighted by Crippen LogP contribution is 2.29. The topological polar surface area (TPSA) is 41.5 Å². The molecule has 3 nitrogen and oxygen atoms in total. The summed E-state index contributed by atoms with van der Waals surface area (Å²) in [5, 5.41) is 14.4. The highest BCUT2D eigenvalue weighted by Gasteiger charge is 2.12. The van der Waals surface area contributed by atoms with Gasteiger partial charge in [-0.15, -0.1) is 0 Å². The van der Waals surface area contributed by atoms with Gasteiger partial charge in [-0.25, -0.2) is 0 Å². The Labute approximate surface area is 142 Å². The van der Waals surface area contributed by atoms with Gasteiger partial charge in [0.2, 0.25) is 0 Å². The summed E-state index contributed by atoms with van der Waals surface area (Å²) >= 11 is 15.4. The van der Waals surface area contributed by atoms with Crippen LogP contribution in [0.4, 0.5) is 5.69 Å². The third-order valence-electron chi connectivity index (χ3n) is 2.97. The van der Waals surface area contributed by atoms with E-state index in [1.165, 1.54) is 0 Å². The summed E-state index contributed by atoms with van der Waals surface area (Å²) in [6, 6.07) is 10.6. The summed E-state index contributed by atoms with van der Waals surface area (Å²) in [6.45, 7) is 0.310. The van der Waals surface area contributed by atoms with E-state index < -0.39 is 6.10 Å². The predicted octanol–water partition coefficient (Wildman–Crippen LogP) is 4.91. The first kappa shape index (κ1) is 16.4. The van der Waals surface area contributed by atoms with Gasteiger partial charge in [-0.3, -0.25) is 0 Å². The number of anilines is 1. The van der Waals surface area contributed by atoms with E-state index in [1.807, 2.05) is 18.2 Å². The predicted molar refractivity (Wildman–Crippen MR) is 90.6 cm³/mol. The van der Waals surface area contributed by atoms with Crippen LogP contribution in [0, 0.1) is 0 Å². The van der Waals surface area contributed by atoms with Crippen LogP contribution in [0.2, 0.25) is 10.0 Å². The van der Waals surface area contributed by atoms with Gasteiger partial charge in [0.25, 0.3) is 0 Å². The normalized spacial score (nSPS) is 12.0. The molecule has 0 radical (unpaired) electrons. The quantitative estimate of drug-likeness (QED) is 0.761. The molecule has 2 aromatic carbocycles. The third kappa shape index (κ3) is 4.27. The second kappa shape index (κ2) is 7.36. The van der Waals surface area contributed by atoms with E-state index in [1.54, 1.807) is 25.3 Å². The van der Waals surface area contributed by atoms with Gasteiger partial charge in [0, 0.05) is 33.9 Å². The van der Waals surface area contributed by atoms with E-state index in [0.29, 0.717) is 22.2 Å². The molecule has 21 heavy (non-hydrogen) atoms. The van der Waals surface area contributed by atoms with Crippen molar-refractivity contribution in [3.05, 3.63) is 56.5 Å². The fourth-order valence-corrected chi connectivity index (χ4v) is 2.70. The maximum Gasteiger partial charge on any atom is 0.135 e. The Morgan fingerprint density at radius 1 is 1.24 bits per heavy atom. The fraction of sp³-hybridized carbons (Fsp3) is 0.200. The smallest absolute Gasteiger partial charge is 0.135 e. The van der Waals surface area contributed by atoms with Crippen molar-refractivity contribution in [1.82, 2.24) is 0 Å². The van der Waals surface area contributed by atoms with Gasteiger partial charge in [0.15, 0.2) is 0 Å². The van der Waals surface area contributed by atoms with Crippen molar-refractivity contribution in [3.63, 3.8) is 0 Å². The van der Waals surface area contributed by atoms with Crippen molar-refractivity contribution in [3.8, 4) is 5.75 Å². The largest absolute Gasteiger partial charge is 0.495 e. The molecule has 0 saturated carbocycles. The number of hydrogen-bond donors (Lipinski definition) is 2. The van der Waals surface area contributed by atoms with Gasteiger partial charge < -0.3 is 15.2 Å². The zero-order valence-corrected chi connectivity index (χ0v) is 14.3. The Kier molecular flexibility index (Phi) is 5.76. The molecule has 0 bridgehead atoms. The molecule has 0 heterocycles. The molecule has 0 spiro atoms. The number of aliphatic hydroxyl groups excluding tert-OH is 1. The van der Waals surface area contributed by atoms with Crippen molar-refractivity contribution in [2.24, 2.45) is 0 Å². The van der Waals surface area contributed by atoms with Crippen LogP contribution in [0.25, 0.3) is 0 Å². The summed E-state index contributed by atoms with van der Waals surface area (Å²) < 4.78 is 6.09. The molecular weight excluding hydrogens is 377 g/mol. The lowest BCUT2D eigenvalue weighted by molar-refractivity contribution is 0.191. The highest BCUT2D eigenvalue weighted by atomic mass is 79.9. The number of benzene rings is 2. The average molecular weight is 391 g/mol. The second-order valence-corrected chi connectivity index (χ2v) is 6.11. The van der Waals surface area contributed by atoms with Gasteiger partial charge in [-0.2, -0.15) is 0 Å². The van der Waals surface area contributed by atoms with Crippen LogP contribution in [0.1, 0.15) is 11.7 Å². The Morgan fingerprint density at radius 3 is 2.71 bits per heavy atom. The van der Waals surface area contributed by atoms with Crippen LogP contribution in [-0.2, 0) is 0 Å². The molecule has 2 rings (SSSR count). The van der Waals surface area contributed by atoms with E-state index in [0.717, 1.165) is 15.9 Å². The van der Waals surface area contributed by atoms with Crippen molar-refractivity contribution in [1.29, 1.82) is 0 Å². The number of hydrogen-bond acceptors (Lipinski definition) is 3. The van der Waals surface area contributed by atoms with Gasteiger partial charge >= 0.3 is 0 Å². The standard InChI is InChI=1S/C15H14BrCl2NO2/c1-21-15-7-10(3-4-12(15)16)19-8-14(20)11-6-9(17)2-5-13(11)18/h2-7,14,19-20H,8H2,1H3. The molecular formula is C15H14BrCl2NO2. The van der Waals surface area contributed by atoms with Crippen molar-refractivity contribution >= 4 is 44.8 Å². The average Bonchev–Trinajstić information content (AvgIpc) is 2.48. The van der Waals surface area contributed by atoms with E-state index in [2.05, 4.69) is 21.2 Å². The molecule has 2 aromatic rings. The Hall–Kier alpha value is -0.940. The van der Waals surface area contributed by atoms with E-state index in [-0.39, 0.29) is 0 Å². The zero-order valence-electron chi connectivity index (χ0n) is 11.2. The monoisotopic (exact) mass is 389 g/mol. The van der Waals surface area contributed by atoms with Gasteiger partial charge in [-0.1, -0.05) is 23.2 Å². The molecule has 0 aliphatic heterocycles. The molecule has 1 unspecified atom stereocenters. The summed E-state index contributed by atoms with van der Waals surface area (Å²) in [4.78, 5) is 0. The van der Waals surface area contributed by atoms with Crippen LogP contribution in [0.5, 0.6) is 5.75 Å². The third-order valence-corrected chi connectivity index (χ3v) is 4.20. The molecule has 6 heteroatoms. The maximum atomic E-state index is 10.2. The zero-order chi connectivity index (χ0) is 15.4. The molecule has 0 fully saturated rings. The molecule has 0 saturated heterocycles. The first-order valence-electron chi connectivity index (χ1n) is 6.21. The number of ether oxygens (including phenoxy) is 1. The number of methoxy groups -OCH3 is 1. The Balaban J connectivity index is 2.07. The SMILES string of the molecule is COc1cc(NCC(O)c2cc(Cl)ccc2Cl)ccc1Br. The Bertz CT molecular complexity index is 637. The van der Waals surface area contributed by atoms with Gasteiger partial charge in [0.1, 0.15) is 5.75 Å². The second-order valence-electron chi connectivity index (χ2n) is 4.41. The lowest BCUT2D eigenvalue weighted by atomic mass is 10.1. The first-order chi connectivity index (χ1) is 10.0. The van der Waals surface area contributed by atoms with Crippen LogP contribution in [-0.4, -0.2) is 18.8 Å². The molecule has 2 N–H and O–H groups in total. The molecule has 0 aliphatic rings. The van der Waals surface area contributed by atoms with Crippen LogP contribution in [0.3, 0.4) is 0 Å². The number of nitrogens with one attached hydrogen (secondary N) is 1. The number of rotatable bonds is 5. The van der Waals surface area contributed by atoms with Crippen molar-refractivity contribution in [2.45, 2.75) is 6.10 Å². The van der Waals surface area contributed by atoms with Gasteiger partial charge in [-0.05, 0) is 46.3 Å². The lowest BCUT2D eigenvalue weighted by Crippen LogP contribution is -2.12. The van der Waals surface area contributed by atoms with E-state index in [4.69, 9.17) is 27.9 Å². The number of halogens is 3. The molecule has 1 atom stereocenters.